The van der Waals surface area contributed by atoms with Crippen LogP contribution >= 0.6 is 0 Å². The predicted molar refractivity (Wildman–Crippen MR) is 51.1 cm³/mol. The van der Waals surface area contributed by atoms with E-state index in [0.717, 1.165) is 18.2 Å². The molecule has 0 saturated carbocycles. The molecule has 0 bridgehead atoms. The minimum Gasteiger partial charge on any atom is -0.303 e. The van der Waals surface area contributed by atoms with Crippen LogP contribution in [0, 0.1) is 5.82 Å². The van der Waals surface area contributed by atoms with Crippen molar-refractivity contribution in [1.82, 2.24) is 0 Å². The van der Waals surface area contributed by atoms with Gasteiger partial charge in [-0.05, 0) is 17.7 Å². The van der Waals surface area contributed by atoms with E-state index in [1.165, 1.54) is 6.08 Å². The molecule has 0 heterocycles. The number of halogens is 4. The lowest BCUT2D eigenvalue weighted by Crippen LogP contribution is -2.07. The van der Waals surface area contributed by atoms with Gasteiger partial charge in [-0.15, -0.1) is 0 Å². The van der Waals surface area contributed by atoms with E-state index in [-0.39, 0.29) is 12.0 Å². The molecule has 0 aliphatic heterocycles. The van der Waals surface area contributed by atoms with Gasteiger partial charge in [0.2, 0.25) is 0 Å². The van der Waals surface area contributed by atoms with Gasteiger partial charge in [0.15, 0.2) is 0 Å². The van der Waals surface area contributed by atoms with Crippen LogP contribution < -0.4 is 0 Å². The Morgan fingerprint density at radius 3 is 2.50 bits per heavy atom. The molecule has 0 atom stereocenters. The number of carbonyl (C=O) groups excluding carboxylic acids is 1. The maximum atomic E-state index is 12.7. The van der Waals surface area contributed by atoms with Crippen molar-refractivity contribution in [2.75, 3.05) is 0 Å². The summed E-state index contributed by atoms with van der Waals surface area (Å²) in [7, 11) is 0. The molecule has 16 heavy (non-hydrogen) atoms. The molecule has 0 fully saturated rings. The molecule has 86 valence electrons. The second-order valence-electron chi connectivity index (χ2n) is 3.03. The maximum Gasteiger partial charge on any atom is 0.417 e. The Morgan fingerprint density at radius 1 is 1.25 bits per heavy atom. The Labute approximate surface area is 89.4 Å². The van der Waals surface area contributed by atoms with E-state index in [4.69, 9.17) is 0 Å². The van der Waals surface area contributed by atoms with E-state index in [1.54, 1.807) is 0 Å². The van der Waals surface area contributed by atoms with Crippen LogP contribution in [0.15, 0.2) is 24.3 Å². The Morgan fingerprint density at radius 2 is 1.94 bits per heavy atom. The van der Waals surface area contributed by atoms with Crippen molar-refractivity contribution >= 4 is 12.4 Å². The first-order valence-electron chi connectivity index (χ1n) is 4.42. The van der Waals surface area contributed by atoms with Crippen molar-refractivity contribution in [3.63, 3.8) is 0 Å². The van der Waals surface area contributed by atoms with Gasteiger partial charge < -0.3 is 4.79 Å². The summed E-state index contributed by atoms with van der Waals surface area (Å²) < 4.78 is 50.1. The number of benzene rings is 1. The fraction of sp³-hybridized carbons (Fsp3) is 0.182. The van der Waals surface area contributed by atoms with Crippen LogP contribution in [-0.4, -0.2) is 6.29 Å². The molecule has 0 aliphatic carbocycles. The van der Waals surface area contributed by atoms with Crippen LogP contribution in [0.2, 0.25) is 0 Å². The summed E-state index contributed by atoms with van der Waals surface area (Å²) >= 11 is 0. The maximum absolute atomic E-state index is 12.7. The van der Waals surface area contributed by atoms with Gasteiger partial charge in [0.05, 0.1) is 5.56 Å². The number of rotatable bonds is 3. The zero-order valence-electron chi connectivity index (χ0n) is 8.09. The van der Waals surface area contributed by atoms with Crippen molar-refractivity contribution in [2.24, 2.45) is 0 Å². The molecular formula is C11H8F4O. The minimum absolute atomic E-state index is 0.0225. The summed E-state index contributed by atoms with van der Waals surface area (Å²) in [5.74, 6) is -0.945. The predicted octanol–water partition coefficient (Wildman–Crippen LogP) is 3.45. The van der Waals surface area contributed by atoms with Crippen LogP contribution in [0.5, 0.6) is 0 Å². The van der Waals surface area contributed by atoms with Crippen molar-refractivity contribution in [2.45, 2.75) is 12.6 Å². The van der Waals surface area contributed by atoms with Crippen LogP contribution in [0.1, 0.15) is 17.5 Å². The molecule has 0 saturated heterocycles. The number of aldehydes is 1. The number of carbonyl (C=O) groups is 1. The SMILES string of the molecule is O=CCC=Cc1ccc(F)cc1C(F)(F)F. The zero-order chi connectivity index (χ0) is 12.2. The molecule has 0 unspecified atom stereocenters. The lowest BCUT2D eigenvalue weighted by molar-refractivity contribution is -0.137. The Balaban J connectivity index is 3.13. The molecule has 0 spiro atoms. The van der Waals surface area contributed by atoms with E-state index >= 15 is 0 Å². The smallest absolute Gasteiger partial charge is 0.303 e. The fourth-order valence-electron chi connectivity index (χ4n) is 1.17. The van der Waals surface area contributed by atoms with Crippen molar-refractivity contribution < 1.29 is 22.4 Å². The summed E-state index contributed by atoms with van der Waals surface area (Å²) in [5, 5.41) is 0. The van der Waals surface area contributed by atoms with Gasteiger partial charge in [0.25, 0.3) is 0 Å². The summed E-state index contributed by atoms with van der Waals surface area (Å²) in [6.45, 7) is 0. The Kier molecular flexibility index (Phi) is 3.82. The number of allylic oxidation sites excluding steroid dienone is 1. The lowest BCUT2D eigenvalue weighted by Gasteiger charge is -2.10. The largest absolute Gasteiger partial charge is 0.417 e. The summed E-state index contributed by atoms with van der Waals surface area (Å²) in [4.78, 5) is 10.00. The van der Waals surface area contributed by atoms with Gasteiger partial charge >= 0.3 is 6.18 Å². The molecule has 0 aromatic heterocycles. The van der Waals surface area contributed by atoms with E-state index in [0.29, 0.717) is 12.4 Å². The van der Waals surface area contributed by atoms with Gasteiger partial charge in [0.1, 0.15) is 12.1 Å². The molecule has 5 heteroatoms. The minimum atomic E-state index is -4.61. The second kappa shape index (κ2) is 4.92. The highest BCUT2D eigenvalue weighted by Crippen LogP contribution is 2.33. The van der Waals surface area contributed by atoms with Crippen molar-refractivity contribution in [3.8, 4) is 0 Å². The van der Waals surface area contributed by atoms with E-state index in [1.807, 2.05) is 0 Å². The first-order valence-corrected chi connectivity index (χ1v) is 4.42. The van der Waals surface area contributed by atoms with E-state index in [2.05, 4.69) is 0 Å². The van der Waals surface area contributed by atoms with Crippen LogP contribution in [0.25, 0.3) is 6.08 Å². The van der Waals surface area contributed by atoms with Crippen LogP contribution in [-0.2, 0) is 11.0 Å². The molecule has 1 aromatic rings. The molecular weight excluding hydrogens is 224 g/mol. The van der Waals surface area contributed by atoms with Gasteiger partial charge in [-0.1, -0.05) is 18.2 Å². The highest BCUT2D eigenvalue weighted by atomic mass is 19.4. The Hall–Kier alpha value is -1.65. The average molecular weight is 232 g/mol. The van der Waals surface area contributed by atoms with Crippen LogP contribution in [0.3, 0.4) is 0 Å². The van der Waals surface area contributed by atoms with Crippen LogP contribution in [0.4, 0.5) is 17.6 Å². The first-order chi connectivity index (χ1) is 7.45. The van der Waals surface area contributed by atoms with Gasteiger partial charge in [0, 0.05) is 6.42 Å². The first kappa shape index (κ1) is 12.4. The third-order valence-electron chi connectivity index (χ3n) is 1.85. The molecule has 0 N–H and O–H groups in total. The molecule has 0 radical (unpaired) electrons. The molecule has 1 aromatic carbocycles. The van der Waals surface area contributed by atoms with Crippen molar-refractivity contribution in [3.05, 3.63) is 41.2 Å². The molecule has 1 rings (SSSR count). The zero-order valence-corrected chi connectivity index (χ0v) is 8.09. The fourth-order valence-corrected chi connectivity index (χ4v) is 1.17. The quantitative estimate of drug-likeness (QED) is 0.576. The highest BCUT2D eigenvalue weighted by molar-refractivity contribution is 5.60. The topological polar surface area (TPSA) is 17.1 Å². The normalized spacial score (nSPS) is 12.0. The molecule has 0 amide bonds. The van der Waals surface area contributed by atoms with Gasteiger partial charge in [-0.3, -0.25) is 0 Å². The average Bonchev–Trinajstić information content (AvgIpc) is 2.19. The van der Waals surface area contributed by atoms with E-state index < -0.39 is 17.6 Å². The van der Waals surface area contributed by atoms with E-state index in [9.17, 15) is 22.4 Å². The second-order valence-corrected chi connectivity index (χ2v) is 3.03. The van der Waals surface area contributed by atoms with Gasteiger partial charge in [-0.2, -0.15) is 13.2 Å². The number of alkyl halides is 3. The van der Waals surface area contributed by atoms with Crippen molar-refractivity contribution in [1.29, 1.82) is 0 Å². The third-order valence-corrected chi connectivity index (χ3v) is 1.85. The lowest BCUT2D eigenvalue weighted by atomic mass is 10.1. The van der Waals surface area contributed by atoms with Gasteiger partial charge in [-0.25, -0.2) is 4.39 Å². The Bertz CT molecular complexity index is 407. The molecule has 1 nitrogen and oxygen atoms in total. The standard InChI is InChI=1S/C11H8F4O/c12-9-5-4-8(3-1-2-6-16)10(7-9)11(13,14)15/h1,3-7H,2H2. The number of hydrogen-bond acceptors (Lipinski definition) is 1. The summed E-state index contributed by atoms with van der Waals surface area (Å²) in [6.07, 6.45) is -1.59. The highest BCUT2D eigenvalue weighted by Gasteiger charge is 2.33. The monoisotopic (exact) mass is 232 g/mol. The number of hydrogen-bond donors (Lipinski definition) is 0. The summed E-state index contributed by atoms with van der Waals surface area (Å²) in [5.41, 5.74) is -1.20. The third kappa shape index (κ3) is 3.18. The molecule has 0 aliphatic rings. The summed E-state index contributed by atoms with van der Waals surface area (Å²) in [6, 6.07) is 2.40.